The van der Waals surface area contributed by atoms with E-state index in [1.165, 1.54) is 0 Å². The molecule has 23 heavy (non-hydrogen) atoms. The topological polar surface area (TPSA) is 91.7 Å². The zero-order chi connectivity index (χ0) is 17.0. The number of hydrogen-bond donors (Lipinski definition) is 3. The van der Waals surface area contributed by atoms with Crippen molar-refractivity contribution in [1.29, 1.82) is 0 Å². The van der Waals surface area contributed by atoms with Crippen LogP contribution in [0.4, 0.5) is 4.79 Å². The Morgan fingerprint density at radius 1 is 1.22 bits per heavy atom. The molecular weight excluding hydrogens is 296 g/mol. The summed E-state index contributed by atoms with van der Waals surface area (Å²) in [5.41, 5.74) is 0.464. The monoisotopic (exact) mass is 318 g/mol. The quantitative estimate of drug-likeness (QED) is 0.803. The third-order valence-corrected chi connectivity index (χ3v) is 3.14. The number of fused-ring (bicyclic) bond motifs is 1. The predicted octanol–water partition coefficient (Wildman–Crippen LogP) is 2.15. The second-order valence-corrected chi connectivity index (χ2v) is 6.32. The smallest absolute Gasteiger partial charge is 0.407 e. The Labute approximate surface area is 135 Å². The van der Waals surface area contributed by atoms with E-state index in [9.17, 15) is 15.0 Å². The molecule has 0 aliphatic heterocycles. The summed E-state index contributed by atoms with van der Waals surface area (Å²) in [6.07, 6.45) is -3.03. The van der Waals surface area contributed by atoms with Gasteiger partial charge in [0.2, 0.25) is 0 Å². The molecule has 2 aromatic rings. The number of hydrogen-bond acceptors (Lipinski definition) is 5. The van der Waals surface area contributed by atoms with Crippen LogP contribution in [-0.2, 0) is 4.74 Å². The van der Waals surface area contributed by atoms with Crippen LogP contribution in [0.1, 0.15) is 32.6 Å². The molecule has 0 spiro atoms. The molecule has 1 aromatic carbocycles. The minimum Gasteiger partial charge on any atom is -0.444 e. The van der Waals surface area contributed by atoms with Gasteiger partial charge in [-0.15, -0.1) is 0 Å². The van der Waals surface area contributed by atoms with E-state index in [2.05, 4.69) is 10.3 Å². The maximum absolute atomic E-state index is 11.6. The molecule has 2 unspecified atom stereocenters. The summed E-state index contributed by atoms with van der Waals surface area (Å²) in [6, 6.07) is 11.0. The van der Waals surface area contributed by atoms with Crippen molar-refractivity contribution in [2.75, 3.05) is 6.54 Å². The third-order valence-electron chi connectivity index (χ3n) is 3.14. The van der Waals surface area contributed by atoms with Crippen molar-refractivity contribution in [3.8, 4) is 0 Å². The molecule has 2 atom stereocenters. The number of alkyl carbamates (subject to hydrolysis) is 1. The molecule has 0 fully saturated rings. The minimum atomic E-state index is -1.20. The van der Waals surface area contributed by atoms with Gasteiger partial charge in [0.15, 0.2) is 0 Å². The van der Waals surface area contributed by atoms with Crippen molar-refractivity contribution >= 4 is 17.0 Å². The largest absolute Gasteiger partial charge is 0.444 e. The van der Waals surface area contributed by atoms with Crippen LogP contribution in [0.3, 0.4) is 0 Å². The first kappa shape index (κ1) is 17.2. The molecule has 0 bridgehead atoms. The summed E-state index contributed by atoms with van der Waals surface area (Å²) in [4.78, 5) is 15.9. The molecule has 3 N–H and O–H groups in total. The van der Waals surface area contributed by atoms with Crippen LogP contribution in [-0.4, -0.2) is 39.5 Å². The molecule has 1 heterocycles. The fraction of sp³-hybridized carbons (Fsp3) is 0.412. The molecule has 0 saturated heterocycles. The second kappa shape index (κ2) is 6.93. The third kappa shape index (κ3) is 4.91. The lowest BCUT2D eigenvalue weighted by Crippen LogP contribution is -2.39. The SMILES string of the molecule is CC(C)(C)OC(=O)NCC(O)C(O)c1ccc2ccccc2n1. The first-order chi connectivity index (χ1) is 10.8. The lowest BCUT2D eigenvalue weighted by Gasteiger charge is -2.22. The highest BCUT2D eigenvalue weighted by atomic mass is 16.6. The number of carbonyl (C=O) groups excluding carboxylic acids is 1. The Morgan fingerprint density at radius 3 is 2.61 bits per heavy atom. The highest BCUT2D eigenvalue weighted by molar-refractivity contribution is 5.78. The zero-order valence-corrected chi connectivity index (χ0v) is 13.5. The molecule has 0 aliphatic carbocycles. The summed E-state index contributed by atoms with van der Waals surface area (Å²) < 4.78 is 5.07. The van der Waals surface area contributed by atoms with Crippen LogP contribution >= 0.6 is 0 Å². The van der Waals surface area contributed by atoms with Crippen molar-refractivity contribution in [2.24, 2.45) is 0 Å². The maximum Gasteiger partial charge on any atom is 0.407 e. The van der Waals surface area contributed by atoms with Crippen molar-refractivity contribution in [1.82, 2.24) is 10.3 Å². The molecular formula is C17H22N2O4. The van der Waals surface area contributed by atoms with E-state index in [1.807, 2.05) is 30.3 Å². The average molecular weight is 318 g/mol. The molecule has 6 heteroatoms. The second-order valence-electron chi connectivity index (χ2n) is 6.32. The van der Waals surface area contributed by atoms with Gasteiger partial charge in [-0.3, -0.25) is 0 Å². The number of para-hydroxylation sites is 1. The summed E-state index contributed by atoms with van der Waals surface area (Å²) in [7, 11) is 0. The number of ether oxygens (including phenoxy) is 1. The summed E-state index contributed by atoms with van der Waals surface area (Å²) in [6.45, 7) is 5.11. The standard InChI is InChI=1S/C17H22N2O4/c1-17(2,3)23-16(22)18-10-14(20)15(21)13-9-8-11-6-4-5-7-12(11)19-13/h4-9,14-15,20-21H,10H2,1-3H3,(H,18,22). The Morgan fingerprint density at radius 2 is 1.91 bits per heavy atom. The van der Waals surface area contributed by atoms with Gasteiger partial charge in [-0.25, -0.2) is 9.78 Å². The van der Waals surface area contributed by atoms with E-state index in [0.717, 1.165) is 10.9 Å². The van der Waals surface area contributed by atoms with Crippen LogP contribution in [0.2, 0.25) is 0 Å². The van der Waals surface area contributed by atoms with Gasteiger partial charge in [0.25, 0.3) is 0 Å². The summed E-state index contributed by atoms with van der Waals surface area (Å²) in [5.74, 6) is 0. The van der Waals surface area contributed by atoms with Crippen molar-refractivity contribution in [2.45, 2.75) is 38.6 Å². The molecule has 0 saturated carbocycles. The Bertz CT molecular complexity index is 682. The van der Waals surface area contributed by atoms with Gasteiger partial charge in [-0.2, -0.15) is 0 Å². The molecule has 0 radical (unpaired) electrons. The van der Waals surface area contributed by atoms with E-state index in [4.69, 9.17) is 4.74 Å². The Balaban J connectivity index is 1.98. The van der Waals surface area contributed by atoms with Crippen LogP contribution in [0.25, 0.3) is 10.9 Å². The van der Waals surface area contributed by atoms with E-state index >= 15 is 0 Å². The first-order valence-corrected chi connectivity index (χ1v) is 7.45. The molecule has 6 nitrogen and oxygen atoms in total. The number of benzene rings is 1. The van der Waals surface area contributed by atoms with Crippen molar-refractivity contribution < 1.29 is 19.7 Å². The summed E-state index contributed by atoms with van der Waals surface area (Å²) >= 11 is 0. The van der Waals surface area contributed by atoms with Gasteiger partial charge in [0.1, 0.15) is 17.8 Å². The minimum absolute atomic E-state index is 0.134. The predicted molar refractivity (Wildman–Crippen MR) is 86.9 cm³/mol. The molecule has 1 aromatic heterocycles. The van der Waals surface area contributed by atoms with Gasteiger partial charge < -0.3 is 20.3 Å². The van der Waals surface area contributed by atoms with E-state index in [0.29, 0.717) is 5.69 Å². The average Bonchev–Trinajstić information content (AvgIpc) is 2.49. The lowest BCUT2D eigenvalue weighted by atomic mass is 10.1. The number of aliphatic hydroxyl groups excluding tert-OH is 2. The van der Waals surface area contributed by atoms with Crippen LogP contribution in [0, 0.1) is 0 Å². The number of aromatic nitrogens is 1. The highest BCUT2D eigenvalue weighted by Gasteiger charge is 2.22. The fourth-order valence-electron chi connectivity index (χ4n) is 2.06. The number of nitrogens with zero attached hydrogens (tertiary/aromatic N) is 1. The van der Waals surface area contributed by atoms with Crippen molar-refractivity contribution in [3.63, 3.8) is 0 Å². The number of nitrogens with one attached hydrogen (secondary N) is 1. The van der Waals surface area contributed by atoms with Gasteiger partial charge in [-0.05, 0) is 32.9 Å². The Kier molecular flexibility index (Phi) is 5.18. The Hall–Kier alpha value is -2.18. The van der Waals surface area contributed by atoms with E-state index in [-0.39, 0.29) is 6.54 Å². The lowest BCUT2D eigenvalue weighted by molar-refractivity contribution is 0.0110. The van der Waals surface area contributed by atoms with E-state index in [1.54, 1.807) is 26.8 Å². The van der Waals surface area contributed by atoms with Crippen LogP contribution in [0.5, 0.6) is 0 Å². The number of carbonyl (C=O) groups is 1. The molecule has 2 rings (SSSR count). The summed E-state index contributed by atoms with van der Waals surface area (Å²) in [5, 5.41) is 23.6. The molecule has 124 valence electrons. The van der Waals surface area contributed by atoms with Gasteiger partial charge in [0.05, 0.1) is 11.2 Å². The first-order valence-electron chi connectivity index (χ1n) is 7.45. The van der Waals surface area contributed by atoms with Gasteiger partial charge >= 0.3 is 6.09 Å². The number of pyridine rings is 1. The number of aliphatic hydroxyl groups is 2. The van der Waals surface area contributed by atoms with E-state index < -0.39 is 23.9 Å². The highest BCUT2D eigenvalue weighted by Crippen LogP contribution is 2.19. The normalized spacial score (nSPS) is 14.3. The van der Waals surface area contributed by atoms with Crippen molar-refractivity contribution in [3.05, 3.63) is 42.1 Å². The number of amides is 1. The molecule has 0 aliphatic rings. The van der Waals surface area contributed by atoms with Crippen LogP contribution < -0.4 is 5.32 Å². The van der Waals surface area contributed by atoms with Gasteiger partial charge in [0, 0.05) is 11.9 Å². The molecule has 1 amide bonds. The zero-order valence-electron chi connectivity index (χ0n) is 13.5. The van der Waals surface area contributed by atoms with Crippen LogP contribution in [0.15, 0.2) is 36.4 Å². The van der Waals surface area contributed by atoms with Gasteiger partial charge in [-0.1, -0.05) is 24.3 Å². The number of rotatable bonds is 4. The fourth-order valence-corrected chi connectivity index (χ4v) is 2.06. The maximum atomic E-state index is 11.6.